The standard InChI is InChI=1S/C14H19N/c1-10(2)14-12-8-15(9-13(12)14)11-6-4-3-5-7-11/h3-7,10,12-14H,8-9H2,1-2H3. The van der Waals surface area contributed by atoms with Crippen LogP contribution in [0, 0.1) is 23.7 Å². The van der Waals surface area contributed by atoms with Gasteiger partial charge in [0.25, 0.3) is 0 Å². The van der Waals surface area contributed by atoms with Crippen LogP contribution in [-0.2, 0) is 0 Å². The van der Waals surface area contributed by atoms with Crippen molar-refractivity contribution in [3.63, 3.8) is 0 Å². The molecule has 1 saturated heterocycles. The molecule has 0 spiro atoms. The number of hydrogen-bond acceptors (Lipinski definition) is 1. The molecule has 1 nitrogen and oxygen atoms in total. The summed E-state index contributed by atoms with van der Waals surface area (Å²) in [6.07, 6.45) is 0. The Morgan fingerprint density at radius 2 is 1.67 bits per heavy atom. The first-order valence-electron chi connectivity index (χ1n) is 6.07. The maximum atomic E-state index is 2.55. The molecule has 2 unspecified atom stereocenters. The Bertz CT molecular complexity index is 332. The molecule has 1 aromatic carbocycles. The summed E-state index contributed by atoms with van der Waals surface area (Å²) in [5.41, 5.74) is 1.41. The zero-order valence-electron chi connectivity index (χ0n) is 9.56. The van der Waals surface area contributed by atoms with Gasteiger partial charge >= 0.3 is 0 Å². The first-order valence-corrected chi connectivity index (χ1v) is 6.07. The third-order valence-corrected chi connectivity index (χ3v) is 4.15. The van der Waals surface area contributed by atoms with Crippen LogP contribution in [0.5, 0.6) is 0 Å². The van der Waals surface area contributed by atoms with Crippen LogP contribution in [0.1, 0.15) is 13.8 Å². The van der Waals surface area contributed by atoms with Crippen molar-refractivity contribution in [2.45, 2.75) is 13.8 Å². The number of benzene rings is 1. The van der Waals surface area contributed by atoms with E-state index in [9.17, 15) is 0 Å². The van der Waals surface area contributed by atoms with Crippen LogP contribution in [0.15, 0.2) is 30.3 Å². The lowest BCUT2D eigenvalue weighted by Gasteiger charge is -2.22. The molecule has 0 bridgehead atoms. The van der Waals surface area contributed by atoms with E-state index < -0.39 is 0 Å². The van der Waals surface area contributed by atoms with Gasteiger partial charge in [-0.1, -0.05) is 32.0 Å². The minimum absolute atomic E-state index is 0.887. The highest BCUT2D eigenvalue weighted by Crippen LogP contribution is 2.55. The first-order chi connectivity index (χ1) is 7.27. The van der Waals surface area contributed by atoms with Gasteiger partial charge in [-0.2, -0.15) is 0 Å². The summed E-state index contributed by atoms with van der Waals surface area (Å²) in [7, 11) is 0. The Balaban J connectivity index is 1.67. The summed E-state index contributed by atoms with van der Waals surface area (Å²) in [5.74, 6) is 3.89. The van der Waals surface area contributed by atoms with E-state index in [1.54, 1.807) is 0 Å². The van der Waals surface area contributed by atoms with Crippen LogP contribution in [0.3, 0.4) is 0 Å². The Labute approximate surface area is 92.1 Å². The van der Waals surface area contributed by atoms with Crippen LogP contribution in [0.2, 0.25) is 0 Å². The maximum absolute atomic E-state index is 2.55. The molecular weight excluding hydrogens is 182 g/mol. The molecule has 0 radical (unpaired) electrons. The normalized spacial score (nSPS) is 33.3. The zero-order chi connectivity index (χ0) is 10.4. The molecule has 1 aromatic rings. The Morgan fingerprint density at radius 3 is 2.20 bits per heavy atom. The van der Waals surface area contributed by atoms with E-state index in [4.69, 9.17) is 0 Å². The van der Waals surface area contributed by atoms with Crippen molar-refractivity contribution in [2.75, 3.05) is 18.0 Å². The van der Waals surface area contributed by atoms with E-state index in [-0.39, 0.29) is 0 Å². The largest absolute Gasteiger partial charge is 0.371 e. The molecule has 2 aliphatic rings. The van der Waals surface area contributed by atoms with Gasteiger partial charge in [-0.25, -0.2) is 0 Å². The molecule has 0 aromatic heterocycles. The predicted octanol–water partition coefficient (Wildman–Crippen LogP) is 3.02. The monoisotopic (exact) mass is 201 g/mol. The lowest BCUT2D eigenvalue weighted by molar-refractivity contribution is 0.480. The van der Waals surface area contributed by atoms with Gasteiger partial charge < -0.3 is 4.90 Å². The summed E-state index contributed by atoms with van der Waals surface area (Å²) in [6, 6.07) is 10.8. The average molecular weight is 201 g/mol. The minimum atomic E-state index is 0.887. The van der Waals surface area contributed by atoms with Crippen molar-refractivity contribution >= 4 is 5.69 Å². The van der Waals surface area contributed by atoms with E-state index >= 15 is 0 Å². The summed E-state index contributed by atoms with van der Waals surface area (Å²) >= 11 is 0. The smallest absolute Gasteiger partial charge is 0.0366 e. The van der Waals surface area contributed by atoms with Gasteiger partial charge in [0, 0.05) is 18.8 Å². The molecule has 1 aliphatic heterocycles. The third-order valence-electron chi connectivity index (χ3n) is 4.15. The molecule has 2 atom stereocenters. The van der Waals surface area contributed by atoms with Gasteiger partial charge in [-0.15, -0.1) is 0 Å². The number of nitrogens with zero attached hydrogens (tertiary/aromatic N) is 1. The Hall–Kier alpha value is -0.980. The SMILES string of the molecule is CC(C)C1C2CN(c3ccccc3)CC21. The lowest BCUT2D eigenvalue weighted by atomic mass is 10.0. The zero-order valence-corrected chi connectivity index (χ0v) is 9.56. The van der Waals surface area contributed by atoms with Crippen LogP contribution in [0.25, 0.3) is 0 Å². The molecule has 1 heterocycles. The number of anilines is 1. The molecule has 2 fully saturated rings. The second kappa shape index (κ2) is 3.26. The van der Waals surface area contributed by atoms with Gasteiger partial charge in [0.15, 0.2) is 0 Å². The first kappa shape index (κ1) is 9.26. The van der Waals surface area contributed by atoms with Crippen LogP contribution >= 0.6 is 0 Å². The summed E-state index contributed by atoms with van der Waals surface area (Å²) in [4.78, 5) is 2.55. The summed E-state index contributed by atoms with van der Waals surface area (Å²) in [5, 5.41) is 0. The van der Waals surface area contributed by atoms with Crippen molar-refractivity contribution in [2.24, 2.45) is 23.7 Å². The maximum Gasteiger partial charge on any atom is 0.0366 e. The minimum Gasteiger partial charge on any atom is -0.371 e. The summed E-state index contributed by atoms with van der Waals surface area (Å²) < 4.78 is 0. The van der Waals surface area contributed by atoms with Crippen molar-refractivity contribution in [1.29, 1.82) is 0 Å². The molecular formula is C14H19N. The van der Waals surface area contributed by atoms with Gasteiger partial charge in [-0.05, 0) is 35.8 Å². The fourth-order valence-corrected chi connectivity index (χ4v) is 3.41. The molecule has 0 amide bonds. The van der Waals surface area contributed by atoms with E-state index in [0.29, 0.717) is 0 Å². The topological polar surface area (TPSA) is 3.24 Å². The van der Waals surface area contributed by atoms with E-state index in [0.717, 1.165) is 23.7 Å². The fraction of sp³-hybridized carbons (Fsp3) is 0.571. The van der Waals surface area contributed by atoms with Gasteiger partial charge in [0.05, 0.1) is 0 Å². The highest BCUT2D eigenvalue weighted by Gasteiger charge is 2.56. The predicted molar refractivity (Wildman–Crippen MR) is 64.0 cm³/mol. The number of rotatable bonds is 2. The van der Waals surface area contributed by atoms with E-state index in [2.05, 4.69) is 49.1 Å². The number of fused-ring (bicyclic) bond motifs is 1. The number of para-hydroxylation sites is 1. The number of piperidine rings is 1. The molecule has 0 N–H and O–H groups in total. The quantitative estimate of drug-likeness (QED) is 0.711. The van der Waals surface area contributed by atoms with Crippen molar-refractivity contribution in [1.82, 2.24) is 0 Å². The Morgan fingerprint density at radius 1 is 1.07 bits per heavy atom. The Kier molecular flexibility index (Phi) is 2.01. The van der Waals surface area contributed by atoms with Crippen molar-refractivity contribution in [3.05, 3.63) is 30.3 Å². The van der Waals surface area contributed by atoms with Crippen molar-refractivity contribution in [3.8, 4) is 0 Å². The molecule has 1 aliphatic carbocycles. The van der Waals surface area contributed by atoms with Crippen LogP contribution in [0.4, 0.5) is 5.69 Å². The summed E-state index contributed by atoms with van der Waals surface area (Å²) in [6.45, 7) is 7.32. The van der Waals surface area contributed by atoms with E-state index in [1.807, 2.05) is 0 Å². The van der Waals surface area contributed by atoms with E-state index in [1.165, 1.54) is 18.8 Å². The van der Waals surface area contributed by atoms with Gasteiger partial charge in [0.1, 0.15) is 0 Å². The van der Waals surface area contributed by atoms with Gasteiger partial charge in [-0.3, -0.25) is 0 Å². The third kappa shape index (κ3) is 1.45. The average Bonchev–Trinajstić information content (AvgIpc) is 2.77. The van der Waals surface area contributed by atoms with Crippen LogP contribution < -0.4 is 4.90 Å². The highest BCUT2D eigenvalue weighted by atomic mass is 15.2. The highest BCUT2D eigenvalue weighted by molar-refractivity contribution is 5.48. The van der Waals surface area contributed by atoms with Crippen LogP contribution in [-0.4, -0.2) is 13.1 Å². The number of hydrogen-bond donors (Lipinski definition) is 0. The molecule has 15 heavy (non-hydrogen) atoms. The van der Waals surface area contributed by atoms with Gasteiger partial charge in [0.2, 0.25) is 0 Å². The van der Waals surface area contributed by atoms with Crippen molar-refractivity contribution < 1.29 is 0 Å². The molecule has 1 saturated carbocycles. The second-order valence-electron chi connectivity index (χ2n) is 5.39. The fourth-order valence-electron chi connectivity index (χ4n) is 3.41. The lowest BCUT2D eigenvalue weighted by Crippen LogP contribution is -2.24. The molecule has 80 valence electrons. The molecule has 1 heteroatoms. The molecule has 3 rings (SSSR count). The second-order valence-corrected chi connectivity index (χ2v) is 5.39.